The highest BCUT2D eigenvalue weighted by atomic mass is 16.5. The van der Waals surface area contributed by atoms with Crippen LogP contribution in [-0.2, 0) is 4.74 Å². The molecule has 1 rings (SSSR count). The Labute approximate surface area is 94.0 Å². The van der Waals surface area contributed by atoms with Gasteiger partial charge in [-0.15, -0.1) is 0 Å². The summed E-state index contributed by atoms with van der Waals surface area (Å²) in [5.74, 6) is 0.704. The number of likely N-dealkylation sites (N-methyl/N-ethyl adjacent to an activating group) is 1. The van der Waals surface area contributed by atoms with Gasteiger partial charge in [0.15, 0.2) is 0 Å². The highest BCUT2D eigenvalue weighted by Crippen LogP contribution is 2.16. The maximum Gasteiger partial charge on any atom is 0.0506 e. The Morgan fingerprint density at radius 3 is 2.80 bits per heavy atom. The summed E-state index contributed by atoms with van der Waals surface area (Å²) in [5, 5.41) is 0. The van der Waals surface area contributed by atoms with Gasteiger partial charge in [0, 0.05) is 25.2 Å². The molecule has 1 fully saturated rings. The van der Waals surface area contributed by atoms with Gasteiger partial charge < -0.3 is 15.4 Å². The van der Waals surface area contributed by atoms with E-state index in [0.717, 1.165) is 26.2 Å². The zero-order valence-electron chi connectivity index (χ0n) is 10.4. The highest BCUT2D eigenvalue weighted by Gasteiger charge is 2.21. The summed E-state index contributed by atoms with van der Waals surface area (Å²) in [6, 6.07) is 0.761. The monoisotopic (exact) mass is 214 g/mol. The second kappa shape index (κ2) is 6.46. The first kappa shape index (κ1) is 12.9. The van der Waals surface area contributed by atoms with Gasteiger partial charge >= 0.3 is 0 Å². The second-order valence-electron chi connectivity index (χ2n) is 4.84. The van der Waals surface area contributed by atoms with Crippen LogP contribution in [0.2, 0.25) is 0 Å². The zero-order valence-corrected chi connectivity index (χ0v) is 10.4. The first-order valence-electron chi connectivity index (χ1n) is 6.18. The molecular weight excluding hydrogens is 188 g/mol. The molecule has 3 heteroatoms. The number of hydrogen-bond acceptors (Lipinski definition) is 3. The summed E-state index contributed by atoms with van der Waals surface area (Å²) in [5.41, 5.74) is 6.05. The Hall–Kier alpha value is -0.120. The first-order valence-corrected chi connectivity index (χ1v) is 6.18. The molecule has 1 aliphatic heterocycles. The SMILES string of the molecule is CCC(N)C(C)N(C)CC1CCCOC1. The fraction of sp³-hybridized carbons (Fsp3) is 1.00. The molecule has 0 aromatic rings. The maximum absolute atomic E-state index is 6.05. The average Bonchev–Trinajstić information content (AvgIpc) is 2.28. The number of rotatable bonds is 5. The van der Waals surface area contributed by atoms with Gasteiger partial charge in [-0.1, -0.05) is 6.92 Å². The van der Waals surface area contributed by atoms with Crippen LogP contribution in [0.15, 0.2) is 0 Å². The van der Waals surface area contributed by atoms with Crippen molar-refractivity contribution in [1.29, 1.82) is 0 Å². The predicted octanol–water partition coefficient (Wildman–Crippen LogP) is 1.47. The molecule has 3 nitrogen and oxygen atoms in total. The molecule has 3 unspecified atom stereocenters. The molecule has 1 aliphatic rings. The molecule has 0 spiro atoms. The largest absolute Gasteiger partial charge is 0.381 e. The van der Waals surface area contributed by atoms with Crippen LogP contribution in [0.1, 0.15) is 33.1 Å². The number of hydrogen-bond donors (Lipinski definition) is 1. The van der Waals surface area contributed by atoms with E-state index in [1.807, 2.05) is 0 Å². The van der Waals surface area contributed by atoms with Gasteiger partial charge in [0.1, 0.15) is 0 Å². The van der Waals surface area contributed by atoms with Gasteiger partial charge in [-0.3, -0.25) is 0 Å². The molecule has 0 aliphatic carbocycles. The third-order valence-corrected chi connectivity index (χ3v) is 3.59. The molecule has 3 atom stereocenters. The third-order valence-electron chi connectivity index (χ3n) is 3.59. The average molecular weight is 214 g/mol. The quantitative estimate of drug-likeness (QED) is 0.753. The minimum absolute atomic E-state index is 0.291. The van der Waals surface area contributed by atoms with Crippen LogP contribution >= 0.6 is 0 Å². The number of nitrogens with two attached hydrogens (primary N) is 1. The van der Waals surface area contributed by atoms with E-state index in [2.05, 4.69) is 25.8 Å². The van der Waals surface area contributed by atoms with Crippen molar-refractivity contribution in [2.45, 2.75) is 45.2 Å². The molecule has 0 bridgehead atoms. The Morgan fingerprint density at radius 1 is 1.53 bits per heavy atom. The first-order chi connectivity index (χ1) is 7.15. The maximum atomic E-state index is 6.05. The molecule has 0 saturated carbocycles. The molecule has 1 saturated heterocycles. The van der Waals surface area contributed by atoms with E-state index in [1.165, 1.54) is 12.8 Å². The summed E-state index contributed by atoms with van der Waals surface area (Å²) >= 11 is 0. The molecule has 1 heterocycles. The van der Waals surface area contributed by atoms with Gasteiger partial charge in [0.05, 0.1) is 6.61 Å². The van der Waals surface area contributed by atoms with E-state index in [-0.39, 0.29) is 0 Å². The number of ether oxygens (including phenoxy) is 1. The van der Waals surface area contributed by atoms with Crippen LogP contribution in [-0.4, -0.2) is 43.8 Å². The van der Waals surface area contributed by atoms with Gasteiger partial charge in [-0.2, -0.15) is 0 Å². The van der Waals surface area contributed by atoms with E-state index in [9.17, 15) is 0 Å². The summed E-state index contributed by atoms with van der Waals surface area (Å²) in [4.78, 5) is 2.38. The zero-order chi connectivity index (χ0) is 11.3. The predicted molar refractivity (Wildman–Crippen MR) is 63.9 cm³/mol. The lowest BCUT2D eigenvalue weighted by atomic mass is 10.00. The normalized spacial score (nSPS) is 26.6. The van der Waals surface area contributed by atoms with Crippen molar-refractivity contribution < 1.29 is 4.74 Å². The summed E-state index contributed by atoms with van der Waals surface area (Å²) in [6.45, 7) is 7.37. The Kier molecular flexibility index (Phi) is 5.58. The van der Waals surface area contributed by atoms with E-state index < -0.39 is 0 Å². The molecular formula is C12H26N2O. The Morgan fingerprint density at radius 2 is 2.27 bits per heavy atom. The van der Waals surface area contributed by atoms with Crippen LogP contribution in [0, 0.1) is 5.92 Å². The molecule has 0 radical (unpaired) electrons. The summed E-state index contributed by atoms with van der Waals surface area (Å²) in [7, 11) is 2.18. The minimum Gasteiger partial charge on any atom is -0.381 e. The van der Waals surface area contributed by atoms with Crippen LogP contribution in [0.4, 0.5) is 0 Å². The minimum atomic E-state index is 0.291. The standard InChI is InChI=1S/C12H26N2O/c1-4-12(13)10(2)14(3)8-11-6-5-7-15-9-11/h10-12H,4-9,13H2,1-3H3. The smallest absolute Gasteiger partial charge is 0.0506 e. The topological polar surface area (TPSA) is 38.5 Å². The molecule has 15 heavy (non-hydrogen) atoms. The van der Waals surface area contributed by atoms with Crippen molar-refractivity contribution in [2.75, 3.05) is 26.8 Å². The van der Waals surface area contributed by atoms with Crippen molar-refractivity contribution in [3.05, 3.63) is 0 Å². The highest BCUT2D eigenvalue weighted by molar-refractivity contribution is 4.77. The summed E-state index contributed by atoms with van der Waals surface area (Å²) < 4.78 is 5.49. The van der Waals surface area contributed by atoms with E-state index in [0.29, 0.717) is 18.0 Å². The van der Waals surface area contributed by atoms with Crippen LogP contribution in [0.25, 0.3) is 0 Å². The molecule has 0 amide bonds. The molecule has 90 valence electrons. The van der Waals surface area contributed by atoms with Crippen LogP contribution < -0.4 is 5.73 Å². The Balaban J connectivity index is 2.29. The lowest BCUT2D eigenvalue weighted by Crippen LogP contribution is -2.46. The fourth-order valence-electron chi connectivity index (χ4n) is 2.19. The third kappa shape index (κ3) is 4.09. The molecule has 0 aromatic carbocycles. The van der Waals surface area contributed by atoms with Gasteiger partial charge in [-0.05, 0) is 39.2 Å². The van der Waals surface area contributed by atoms with Crippen molar-refractivity contribution in [1.82, 2.24) is 4.90 Å². The van der Waals surface area contributed by atoms with Gasteiger partial charge in [0.25, 0.3) is 0 Å². The van der Waals surface area contributed by atoms with Crippen molar-refractivity contribution >= 4 is 0 Å². The van der Waals surface area contributed by atoms with Crippen molar-refractivity contribution in [3.63, 3.8) is 0 Å². The Bertz CT molecular complexity index is 169. The van der Waals surface area contributed by atoms with Crippen molar-refractivity contribution in [2.24, 2.45) is 11.7 Å². The lowest BCUT2D eigenvalue weighted by Gasteiger charge is -2.33. The van der Waals surface area contributed by atoms with Gasteiger partial charge in [-0.25, -0.2) is 0 Å². The van der Waals surface area contributed by atoms with E-state index >= 15 is 0 Å². The van der Waals surface area contributed by atoms with E-state index in [4.69, 9.17) is 10.5 Å². The van der Waals surface area contributed by atoms with Gasteiger partial charge in [0.2, 0.25) is 0 Å². The van der Waals surface area contributed by atoms with Crippen molar-refractivity contribution in [3.8, 4) is 0 Å². The second-order valence-corrected chi connectivity index (χ2v) is 4.84. The lowest BCUT2D eigenvalue weighted by molar-refractivity contribution is 0.0355. The molecule has 0 aromatic heterocycles. The van der Waals surface area contributed by atoms with E-state index in [1.54, 1.807) is 0 Å². The fourth-order valence-corrected chi connectivity index (χ4v) is 2.19. The molecule has 2 N–H and O–H groups in total. The van der Waals surface area contributed by atoms with Crippen LogP contribution in [0.5, 0.6) is 0 Å². The van der Waals surface area contributed by atoms with Crippen LogP contribution in [0.3, 0.4) is 0 Å². The summed E-state index contributed by atoms with van der Waals surface area (Å²) in [6.07, 6.45) is 3.57. The number of nitrogens with zero attached hydrogens (tertiary/aromatic N) is 1.